The number of aryl methyl sites for hydroxylation is 2. The number of benzene rings is 2. The molecular weight excluding hydrogens is 382 g/mol. The molecule has 0 aliphatic rings. The molecule has 0 amide bonds. The van der Waals surface area contributed by atoms with Crippen molar-refractivity contribution in [3.05, 3.63) is 66.0 Å². The summed E-state index contributed by atoms with van der Waals surface area (Å²) in [6, 6.07) is 13.8. The standard InChI is InChI=1S/C22H23N5OS/c1-14-5-10-18-19(13-23-20(18)11-14)21-15(2)12-24-22(26-21)25-16-6-8-17(9-7-16)27-29(3,4)28/h5-13,23H,1-4H3,(H,24,25,26). The van der Waals surface area contributed by atoms with E-state index in [4.69, 9.17) is 4.98 Å². The van der Waals surface area contributed by atoms with Gasteiger partial charge in [-0.1, -0.05) is 12.1 Å². The quantitative estimate of drug-likeness (QED) is 0.480. The summed E-state index contributed by atoms with van der Waals surface area (Å²) in [5.74, 6) is 0.520. The van der Waals surface area contributed by atoms with E-state index in [0.717, 1.165) is 33.4 Å². The van der Waals surface area contributed by atoms with Crippen LogP contribution in [0.5, 0.6) is 0 Å². The molecule has 0 unspecified atom stereocenters. The second-order valence-electron chi connectivity index (χ2n) is 7.42. The molecule has 2 aromatic carbocycles. The Hall–Kier alpha value is -3.19. The Bertz CT molecular complexity index is 1310. The van der Waals surface area contributed by atoms with Crippen LogP contribution in [-0.2, 0) is 9.73 Å². The lowest BCUT2D eigenvalue weighted by Gasteiger charge is -2.09. The molecule has 2 N–H and O–H groups in total. The highest BCUT2D eigenvalue weighted by Crippen LogP contribution is 2.31. The van der Waals surface area contributed by atoms with E-state index in [9.17, 15) is 4.21 Å². The van der Waals surface area contributed by atoms with Gasteiger partial charge >= 0.3 is 0 Å². The number of aromatic amines is 1. The molecule has 2 heterocycles. The third kappa shape index (κ3) is 4.30. The summed E-state index contributed by atoms with van der Waals surface area (Å²) in [5, 5.41) is 4.37. The molecule has 7 heteroatoms. The minimum atomic E-state index is -2.18. The van der Waals surface area contributed by atoms with Crippen molar-refractivity contribution in [1.82, 2.24) is 15.0 Å². The lowest BCUT2D eigenvalue weighted by Crippen LogP contribution is -1.99. The van der Waals surface area contributed by atoms with Crippen LogP contribution in [0.1, 0.15) is 11.1 Å². The van der Waals surface area contributed by atoms with E-state index in [1.165, 1.54) is 5.56 Å². The van der Waals surface area contributed by atoms with Crippen molar-refractivity contribution in [1.29, 1.82) is 0 Å². The molecule has 0 bridgehead atoms. The molecule has 29 heavy (non-hydrogen) atoms. The second kappa shape index (κ2) is 7.33. The highest BCUT2D eigenvalue weighted by Gasteiger charge is 2.12. The fraction of sp³-hybridized carbons (Fsp3) is 0.182. The van der Waals surface area contributed by atoms with Gasteiger partial charge < -0.3 is 10.3 Å². The molecule has 0 spiro atoms. The maximum absolute atomic E-state index is 11.8. The molecule has 0 aliphatic heterocycles. The van der Waals surface area contributed by atoms with Gasteiger partial charge in [-0.05, 0) is 55.3 Å². The van der Waals surface area contributed by atoms with Gasteiger partial charge in [0.1, 0.15) is 0 Å². The molecule has 4 aromatic rings. The predicted octanol–water partition coefficient (Wildman–Crippen LogP) is 5.34. The number of nitrogens with zero attached hydrogens (tertiary/aromatic N) is 3. The Morgan fingerprint density at radius 1 is 1.07 bits per heavy atom. The van der Waals surface area contributed by atoms with Crippen LogP contribution in [0.25, 0.3) is 22.2 Å². The first-order valence-corrected chi connectivity index (χ1v) is 11.6. The summed E-state index contributed by atoms with van der Waals surface area (Å²) < 4.78 is 16.0. The lowest BCUT2D eigenvalue weighted by atomic mass is 10.1. The first kappa shape index (κ1) is 19.1. The van der Waals surface area contributed by atoms with Crippen LogP contribution >= 0.6 is 0 Å². The number of hydrogen-bond acceptors (Lipinski definition) is 5. The van der Waals surface area contributed by atoms with Gasteiger partial charge in [0.25, 0.3) is 0 Å². The van der Waals surface area contributed by atoms with Crippen molar-refractivity contribution in [3.63, 3.8) is 0 Å². The normalized spacial score (nSPS) is 11.6. The van der Waals surface area contributed by atoms with Gasteiger partial charge in [0.2, 0.25) is 5.95 Å². The van der Waals surface area contributed by atoms with Crippen LogP contribution in [0, 0.1) is 13.8 Å². The monoisotopic (exact) mass is 405 g/mol. The van der Waals surface area contributed by atoms with E-state index < -0.39 is 9.73 Å². The van der Waals surface area contributed by atoms with E-state index in [1.807, 2.05) is 43.6 Å². The van der Waals surface area contributed by atoms with Gasteiger partial charge in [-0.15, -0.1) is 0 Å². The zero-order valence-corrected chi connectivity index (χ0v) is 17.7. The van der Waals surface area contributed by atoms with Crippen molar-refractivity contribution in [3.8, 4) is 11.3 Å². The lowest BCUT2D eigenvalue weighted by molar-refractivity contribution is 0.684. The molecule has 4 rings (SSSR count). The topological polar surface area (TPSA) is 83.0 Å². The van der Waals surface area contributed by atoms with E-state index in [1.54, 1.807) is 12.5 Å². The van der Waals surface area contributed by atoms with Crippen LogP contribution in [0.2, 0.25) is 0 Å². The summed E-state index contributed by atoms with van der Waals surface area (Å²) >= 11 is 0. The number of rotatable bonds is 4. The maximum atomic E-state index is 11.8. The van der Waals surface area contributed by atoms with Crippen LogP contribution in [0.15, 0.2) is 59.2 Å². The third-order valence-corrected chi connectivity index (χ3v) is 5.16. The average molecular weight is 406 g/mol. The van der Waals surface area contributed by atoms with Crippen LogP contribution in [-0.4, -0.2) is 31.7 Å². The van der Waals surface area contributed by atoms with Crippen LogP contribution in [0.4, 0.5) is 17.3 Å². The van der Waals surface area contributed by atoms with Gasteiger partial charge in [0.15, 0.2) is 0 Å². The van der Waals surface area contributed by atoms with Crippen molar-refractivity contribution >= 4 is 38.0 Å². The Balaban J connectivity index is 1.66. The number of fused-ring (bicyclic) bond motifs is 1. The number of aromatic nitrogens is 3. The molecule has 0 fully saturated rings. The SMILES string of the molecule is Cc1ccc2c(-c3nc(Nc4ccc(N=S(C)(C)=O)cc4)ncc3C)c[nH]c2c1. The van der Waals surface area contributed by atoms with Gasteiger partial charge in [-0.2, -0.15) is 4.36 Å². The largest absolute Gasteiger partial charge is 0.360 e. The molecule has 148 valence electrons. The first-order chi connectivity index (χ1) is 13.8. The third-order valence-electron chi connectivity index (χ3n) is 4.51. The number of H-pyrrole nitrogens is 1. The molecule has 0 saturated carbocycles. The smallest absolute Gasteiger partial charge is 0.227 e. The molecule has 0 saturated heterocycles. The summed E-state index contributed by atoms with van der Waals surface area (Å²) in [6.07, 6.45) is 7.05. The van der Waals surface area contributed by atoms with Crippen molar-refractivity contribution < 1.29 is 4.21 Å². The fourth-order valence-electron chi connectivity index (χ4n) is 3.20. The van der Waals surface area contributed by atoms with E-state index in [2.05, 4.69) is 44.8 Å². The molecule has 6 nitrogen and oxygen atoms in total. The molecular formula is C22H23N5OS. The molecule has 0 aliphatic carbocycles. The summed E-state index contributed by atoms with van der Waals surface area (Å²) in [7, 11) is -2.18. The summed E-state index contributed by atoms with van der Waals surface area (Å²) in [6.45, 7) is 4.09. The van der Waals surface area contributed by atoms with Gasteiger partial charge in [0.05, 0.1) is 11.4 Å². The first-order valence-electron chi connectivity index (χ1n) is 9.24. The summed E-state index contributed by atoms with van der Waals surface area (Å²) in [5.41, 5.74) is 6.78. The number of hydrogen-bond donors (Lipinski definition) is 2. The zero-order chi connectivity index (χ0) is 20.6. The van der Waals surface area contributed by atoms with Gasteiger partial charge in [0, 0.05) is 56.8 Å². The average Bonchev–Trinajstić information content (AvgIpc) is 3.06. The Kier molecular flexibility index (Phi) is 4.84. The minimum Gasteiger partial charge on any atom is -0.360 e. The highest BCUT2D eigenvalue weighted by molar-refractivity contribution is 7.92. The molecule has 0 radical (unpaired) electrons. The second-order valence-corrected chi connectivity index (χ2v) is 9.97. The van der Waals surface area contributed by atoms with Crippen LogP contribution in [0.3, 0.4) is 0 Å². The summed E-state index contributed by atoms with van der Waals surface area (Å²) in [4.78, 5) is 12.5. The fourth-order valence-corrected chi connectivity index (χ4v) is 3.83. The van der Waals surface area contributed by atoms with E-state index >= 15 is 0 Å². The zero-order valence-electron chi connectivity index (χ0n) is 16.9. The Morgan fingerprint density at radius 3 is 2.55 bits per heavy atom. The Labute approximate surface area is 170 Å². The van der Waals surface area contributed by atoms with Crippen LogP contribution < -0.4 is 5.32 Å². The van der Waals surface area contributed by atoms with Crippen molar-refractivity contribution in [2.24, 2.45) is 4.36 Å². The minimum absolute atomic E-state index is 0.520. The highest BCUT2D eigenvalue weighted by atomic mass is 32.2. The van der Waals surface area contributed by atoms with Crippen molar-refractivity contribution in [2.75, 3.05) is 17.8 Å². The van der Waals surface area contributed by atoms with E-state index in [-0.39, 0.29) is 0 Å². The molecule has 2 aromatic heterocycles. The van der Waals surface area contributed by atoms with Gasteiger partial charge in [-0.3, -0.25) is 0 Å². The molecule has 0 atom stereocenters. The van der Waals surface area contributed by atoms with Gasteiger partial charge in [-0.25, -0.2) is 14.2 Å². The Morgan fingerprint density at radius 2 is 1.83 bits per heavy atom. The van der Waals surface area contributed by atoms with Crippen molar-refractivity contribution in [2.45, 2.75) is 13.8 Å². The predicted molar refractivity (Wildman–Crippen MR) is 121 cm³/mol. The maximum Gasteiger partial charge on any atom is 0.227 e. The number of anilines is 2. The van der Waals surface area contributed by atoms with E-state index in [0.29, 0.717) is 11.6 Å². The number of nitrogens with one attached hydrogen (secondary N) is 2.